The average molecular weight is 204 g/mol. The van der Waals surface area contributed by atoms with Crippen molar-refractivity contribution in [1.29, 1.82) is 0 Å². The van der Waals surface area contributed by atoms with Crippen LogP contribution in [-0.2, 0) is 0 Å². The quantitative estimate of drug-likeness (QED) is 0.495. The molecular weight excluding hydrogens is 184 g/mol. The maximum absolute atomic E-state index is 9.79. The van der Waals surface area contributed by atoms with Gasteiger partial charge in [0.15, 0.2) is 0 Å². The first-order valence-corrected chi connectivity index (χ1v) is 5.03. The van der Waals surface area contributed by atoms with Crippen LogP contribution in [0.15, 0.2) is 0 Å². The minimum Gasteiger partial charge on any atom is -0.393 e. The molecule has 84 valence electrons. The molecule has 0 spiro atoms. The molecule has 1 aliphatic carbocycles. The van der Waals surface area contributed by atoms with Gasteiger partial charge in [0.2, 0.25) is 0 Å². The Hall–Kier alpha value is -0.160. The number of hydrogen-bond donors (Lipinski definition) is 4. The second-order valence-corrected chi connectivity index (χ2v) is 4.86. The maximum atomic E-state index is 9.79. The topological polar surface area (TPSA) is 80.9 Å². The Morgan fingerprint density at radius 3 is 2.50 bits per heavy atom. The van der Waals surface area contributed by atoms with E-state index in [2.05, 4.69) is 0 Å². The van der Waals surface area contributed by atoms with E-state index < -0.39 is 17.3 Å². The van der Waals surface area contributed by atoms with E-state index in [-0.39, 0.29) is 12.5 Å². The van der Waals surface area contributed by atoms with E-state index in [0.717, 1.165) is 0 Å². The molecule has 1 saturated carbocycles. The van der Waals surface area contributed by atoms with Crippen molar-refractivity contribution in [1.82, 2.24) is 0 Å². The van der Waals surface area contributed by atoms with Crippen molar-refractivity contribution < 1.29 is 20.4 Å². The highest BCUT2D eigenvalue weighted by Gasteiger charge is 2.43. The molecule has 1 rings (SSSR count). The molecule has 0 radical (unpaired) electrons. The van der Waals surface area contributed by atoms with Crippen molar-refractivity contribution in [2.75, 3.05) is 6.61 Å². The predicted octanol–water partition coefficient (Wildman–Crippen LogP) is -0.358. The van der Waals surface area contributed by atoms with Gasteiger partial charge in [0.05, 0.1) is 23.9 Å². The molecule has 1 aliphatic rings. The number of hydrogen-bond acceptors (Lipinski definition) is 4. The summed E-state index contributed by atoms with van der Waals surface area (Å²) >= 11 is 0. The van der Waals surface area contributed by atoms with Gasteiger partial charge in [-0.25, -0.2) is 0 Å². The van der Waals surface area contributed by atoms with Crippen molar-refractivity contribution in [3.8, 4) is 0 Å². The van der Waals surface area contributed by atoms with E-state index >= 15 is 0 Å². The zero-order valence-electron chi connectivity index (χ0n) is 8.77. The summed E-state index contributed by atoms with van der Waals surface area (Å²) < 4.78 is 0. The standard InChI is InChI=1S/C10H20O4/c1-9(13)4-3-7(5-8(9)12)10(2,14)6-11/h7-8,11-14H,3-6H2,1-2H3/t7-,8+,9-,10-/m1/s1. The van der Waals surface area contributed by atoms with Gasteiger partial charge in [-0.3, -0.25) is 0 Å². The van der Waals surface area contributed by atoms with Crippen LogP contribution in [0.5, 0.6) is 0 Å². The van der Waals surface area contributed by atoms with Gasteiger partial charge in [-0.2, -0.15) is 0 Å². The van der Waals surface area contributed by atoms with E-state index in [9.17, 15) is 15.3 Å². The third-order valence-corrected chi connectivity index (χ3v) is 3.42. The zero-order valence-corrected chi connectivity index (χ0v) is 8.77. The fourth-order valence-corrected chi connectivity index (χ4v) is 1.97. The Labute approximate surface area is 84.2 Å². The summed E-state index contributed by atoms with van der Waals surface area (Å²) in [5, 5.41) is 38.1. The Morgan fingerprint density at radius 1 is 1.50 bits per heavy atom. The highest BCUT2D eigenvalue weighted by atomic mass is 16.3. The Bertz CT molecular complexity index is 200. The van der Waals surface area contributed by atoms with E-state index in [1.54, 1.807) is 13.8 Å². The summed E-state index contributed by atoms with van der Waals surface area (Å²) in [5.74, 6) is -0.150. The van der Waals surface area contributed by atoms with E-state index in [0.29, 0.717) is 19.3 Å². The number of aliphatic hydroxyl groups is 4. The van der Waals surface area contributed by atoms with Crippen molar-refractivity contribution in [3.05, 3.63) is 0 Å². The lowest BCUT2D eigenvalue weighted by molar-refractivity contribution is -0.139. The van der Waals surface area contributed by atoms with Gasteiger partial charge in [-0.05, 0) is 39.0 Å². The van der Waals surface area contributed by atoms with Gasteiger partial charge in [0.25, 0.3) is 0 Å². The first kappa shape index (κ1) is 11.9. The molecule has 0 aliphatic heterocycles. The van der Waals surface area contributed by atoms with Crippen LogP contribution in [0.2, 0.25) is 0 Å². The van der Waals surface area contributed by atoms with E-state index in [1.165, 1.54) is 0 Å². The molecule has 0 bridgehead atoms. The normalized spacial score (nSPS) is 43.3. The average Bonchev–Trinajstić information content (AvgIpc) is 2.09. The van der Waals surface area contributed by atoms with Crippen LogP contribution in [0.3, 0.4) is 0 Å². The minimum atomic E-state index is -1.16. The SMILES string of the molecule is C[C@@](O)(CO)[C@@H]1CC[C@@](C)(O)[C@@H](O)C1. The van der Waals surface area contributed by atoms with Crippen LogP contribution in [-0.4, -0.2) is 44.3 Å². The molecule has 0 aromatic carbocycles. The molecule has 0 heterocycles. The molecule has 0 aromatic rings. The Morgan fingerprint density at radius 2 is 2.07 bits per heavy atom. The molecule has 1 fully saturated rings. The number of rotatable bonds is 2. The number of aliphatic hydroxyl groups excluding tert-OH is 2. The van der Waals surface area contributed by atoms with Crippen molar-refractivity contribution in [2.45, 2.75) is 50.4 Å². The fraction of sp³-hybridized carbons (Fsp3) is 1.00. The molecular formula is C10H20O4. The van der Waals surface area contributed by atoms with Crippen LogP contribution in [0.1, 0.15) is 33.1 Å². The summed E-state index contributed by atoms with van der Waals surface area (Å²) in [6.07, 6.45) is 0.590. The van der Waals surface area contributed by atoms with Crippen LogP contribution in [0.25, 0.3) is 0 Å². The summed E-state index contributed by atoms with van der Waals surface area (Å²) in [6, 6.07) is 0. The first-order valence-electron chi connectivity index (χ1n) is 5.03. The molecule has 0 saturated heterocycles. The van der Waals surface area contributed by atoms with Gasteiger partial charge >= 0.3 is 0 Å². The molecule has 4 heteroatoms. The van der Waals surface area contributed by atoms with Crippen molar-refractivity contribution >= 4 is 0 Å². The molecule has 0 amide bonds. The highest BCUT2D eigenvalue weighted by Crippen LogP contribution is 2.37. The third-order valence-electron chi connectivity index (χ3n) is 3.42. The van der Waals surface area contributed by atoms with E-state index in [4.69, 9.17) is 5.11 Å². The monoisotopic (exact) mass is 204 g/mol. The van der Waals surface area contributed by atoms with Gasteiger partial charge in [0.1, 0.15) is 0 Å². The maximum Gasteiger partial charge on any atom is 0.0878 e. The first-order chi connectivity index (χ1) is 6.29. The van der Waals surface area contributed by atoms with Gasteiger partial charge in [0, 0.05) is 0 Å². The van der Waals surface area contributed by atoms with Crippen LogP contribution < -0.4 is 0 Å². The van der Waals surface area contributed by atoms with Gasteiger partial charge in [-0.15, -0.1) is 0 Å². The van der Waals surface area contributed by atoms with Gasteiger partial charge in [-0.1, -0.05) is 0 Å². The molecule has 4 N–H and O–H groups in total. The molecule has 4 atom stereocenters. The molecule has 14 heavy (non-hydrogen) atoms. The van der Waals surface area contributed by atoms with Crippen LogP contribution in [0, 0.1) is 5.92 Å². The Balaban J connectivity index is 2.63. The summed E-state index contributed by atoms with van der Waals surface area (Å²) in [4.78, 5) is 0. The largest absolute Gasteiger partial charge is 0.393 e. The fourth-order valence-electron chi connectivity index (χ4n) is 1.97. The summed E-state index contributed by atoms with van der Waals surface area (Å²) in [6.45, 7) is 2.85. The van der Waals surface area contributed by atoms with Crippen molar-refractivity contribution in [3.63, 3.8) is 0 Å². The zero-order chi connectivity index (χ0) is 11.0. The van der Waals surface area contributed by atoms with Crippen LogP contribution in [0.4, 0.5) is 0 Å². The minimum absolute atomic E-state index is 0.150. The lowest BCUT2D eigenvalue weighted by Gasteiger charge is -2.42. The van der Waals surface area contributed by atoms with E-state index in [1.807, 2.05) is 0 Å². The molecule has 0 unspecified atom stereocenters. The van der Waals surface area contributed by atoms with Gasteiger partial charge < -0.3 is 20.4 Å². The molecule has 4 nitrogen and oxygen atoms in total. The second kappa shape index (κ2) is 3.77. The lowest BCUT2D eigenvalue weighted by atomic mass is 9.71. The Kier molecular flexibility index (Phi) is 3.21. The van der Waals surface area contributed by atoms with Crippen LogP contribution >= 0.6 is 0 Å². The highest BCUT2D eigenvalue weighted by molar-refractivity contribution is 4.95. The smallest absolute Gasteiger partial charge is 0.0878 e. The summed E-state index contributed by atoms with van der Waals surface area (Å²) in [7, 11) is 0. The predicted molar refractivity (Wildman–Crippen MR) is 51.7 cm³/mol. The lowest BCUT2D eigenvalue weighted by Crippen LogP contribution is -2.50. The van der Waals surface area contributed by atoms with Crippen molar-refractivity contribution in [2.24, 2.45) is 5.92 Å². The molecule has 0 aromatic heterocycles. The third kappa shape index (κ3) is 2.25. The second-order valence-electron chi connectivity index (χ2n) is 4.86. The summed E-state index contributed by atoms with van der Waals surface area (Å²) in [5.41, 5.74) is -2.21.